The number of amides is 3. The van der Waals surface area contributed by atoms with Crippen molar-refractivity contribution < 1.29 is 14.4 Å². The molecule has 0 radical (unpaired) electrons. The highest BCUT2D eigenvalue weighted by Crippen LogP contribution is 2.35. The molecule has 26 heavy (non-hydrogen) atoms. The van der Waals surface area contributed by atoms with Crippen LogP contribution >= 0.6 is 0 Å². The maximum atomic E-state index is 12.7. The number of benzene rings is 2. The van der Waals surface area contributed by atoms with Gasteiger partial charge in [-0.3, -0.25) is 19.3 Å². The number of likely N-dealkylation sites (N-methyl/N-ethyl adjacent to an activating group) is 1. The SMILES string of the molecule is CN(C(=O)CN1C(=O)[C@H]2CC=CC[C@H]2C1=O)c1ccc2ccccc2c1. The smallest absolute Gasteiger partial charge is 0.246 e. The fourth-order valence-electron chi connectivity index (χ4n) is 3.80. The van der Waals surface area contributed by atoms with Gasteiger partial charge in [-0.1, -0.05) is 42.5 Å². The number of rotatable bonds is 3. The van der Waals surface area contributed by atoms with Gasteiger partial charge in [-0.15, -0.1) is 0 Å². The Hall–Kier alpha value is -2.95. The second-order valence-corrected chi connectivity index (χ2v) is 6.90. The quantitative estimate of drug-likeness (QED) is 0.633. The molecule has 5 nitrogen and oxygen atoms in total. The molecule has 1 saturated heterocycles. The number of allylic oxidation sites excluding steroid dienone is 2. The highest BCUT2D eigenvalue weighted by atomic mass is 16.2. The van der Waals surface area contributed by atoms with E-state index in [2.05, 4.69) is 0 Å². The van der Waals surface area contributed by atoms with Gasteiger partial charge in [0.2, 0.25) is 17.7 Å². The van der Waals surface area contributed by atoms with Crippen LogP contribution in [0.1, 0.15) is 12.8 Å². The number of hydrogen-bond donors (Lipinski definition) is 0. The second kappa shape index (κ2) is 6.41. The number of carbonyl (C=O) groups is 3. The Morgan fingerprint density at radius 2 is 1.62 bits per heavy atom. The largest absolute Gasteiger partial charge is 0.314 e. The average molecular weight is 348 g/mol. The van der Waals surface area contributed by atoms with E-state index in [1.807, 2.05) is 54.6 Å². The number of imide groups is 1. The molecule has 2 aromatic rings. The molecule has 0 spiro atoms. The van der Waals surface area contributed by atoms with Crippen LogP contribution in [0.5, 0.6) is 0 Å². The van der Waals surface area contributed by atoms with Crippen molar-refractivity contribution in [3.8, 4) is 0 Å². The highest BCUT2D eigenvalue weighted by Gasteiger charge is 2.47. The summed E-state index contributed by atoms with van der Waals surface area (Å²) in [4.78, 5) is 40.4. The first-order valence-corrected chi connectivity index (χ1v) is 8.82. The van der Waals surface area contributed by atoms with Crippen LogP contribution in [0.3, 0.4) is 0 Å². The zero-order chi connectivity index (χ0) is 18.3. The third-order valence-corrected chi connectivity index (χ3v) is 5.39. The summed E-state index contributed by atoms with van der Waals surface area (Å²) in [6.07, 6.45) is 5.05. The summed E-state index contributed by atoms with van der Waals surface area (Å²) in [7, 11) is 1.67. The van der Waals surface area contributed by atoms with Crippen LogP contribution < -0.4 is 4.90 Å². The van der Waals surface area contributed by atoms with Gasteiger partial charge in [0, 0.05) is 12.7 Å². The van der Waals surface area contributed by atoms with Crippen molar-refractivity contribution in [2.75, 3.05) is 18.5 Å². The van der Waals surface area contributed by atoms with Crippen molar-refractivity contribution in [1.29, 1.82) is 0 Å². The maximum absolute atomic E-state index is 12.7. The van der Waals surface area contributed by atoms with Crippen LogP contribution in [0, 0.1) is 11.8 Å². The summed E-state index contributed by atoms with van der Waals surface area (Å²) in [6.45, 7) is -0.200. The Bertz CT molecular complexity index is 908. The Morgan fingerprint density at radius 3 is 2.27 bits per heavy atom. The Kier molecular flexibility index (Phi) is 4.07. The summed E-state index contributed by atoms with van der Waals surface area (Å²) in [5, 5.41) is 2.13. The molecule has 5 heteroatoms. The lowest BCUT2D eigenvalue weighted by Gasteiger charge is -2.21. The third-order valence-electron chi connectivity index (χ3n) is 5.39. The van der Waals surface area contributed by atoms with E-state index in [-0.39, 0.29) is 36.1 Å². The molecule has 0 aromatic heterocycles. The first kappa shape index (κ1) is 16.5. The van der Waals surface area contributed by atoms with Gasteiger partial charge >= 0.3 is 0 Å². The molecule has 2 aromatic carbocycles. The minimum absolute atomic E-state index is 0.200. The molecule has 1 aliphatic carbocycles. The summed E-state index contributed by atoms with van der Waals surface area (Å²) in [6, 6.07) is 13.7. The van der Waals surface area contributed by atoms with E-state index in [9.17, 15) is 14.4 Å². The van der Waals surface area contributed by atoms with Gasteiger partial charge < -0.3 is 4.90 Å². The first-order chi connectivity index (χ1) is 12.6. The van der Waals surface area contributed by atoms with Crippen LogP contribution in [0.25, 0.3) is 10.8 Å². The van der Waals surface area contributed by atoms with E-state index >= 15 is 0 Å². The molecule has 0 bridgehead atoms. The Morgan fingerprint density at radius 1 is 1.00 bits per heavy atom. The molecule has 1 heterocycles. The van der Waals surface area contributed by atoms with Crippen LogP contribution in [0.2, 0.25) is 0 Å². The monoisotopic (exact) mass is 348 g/mol. The average Bonchev–Trinajstić information content (AvgIpc) is 2.92. The number of anilines is 1. The number of nitrogens with zero attached hydrogens (tertiary/aromatic N) is 2. The van der Waals surface area contributed by atoms with E-state index in [1.165, 1.54) is 4.90 Å². The summed E-state index contributed by atoms with van der Waals surface area (Å²) < 4.78 is 0. The molecular weight excluding hydrogens is 328 g/mol. The Balaban J connectivity index is 1.52. The van der Waals surface area contributed by atoms with Crippen molar-refractivity contribution in [2.45, 2.75) is 12.8 Å². The molecule has 3 amide bonds. The van der Waals surface area contributed by atoms with Crippen molar-refractivity contribution in [3.63, 3.8) is 0 Å². The molecule has 0 unspecified atom stereocenters. The number of hydrogen-bond acceptors (Lipinski definition) is 3. The second-order valence-electron chi connectivity index (χ2n) is 6.90. The van der Waals surface area contributed by atoms with Gasteiger partial charge in [0.25, 0.3) is 0 Å². The third kappa shape index (κ3) is 2.69. The molecule has 2 aliphatic rings. The van der Waals surface area contributed by atoms with E-state index in [1.54, 1.807) is 7.05 Å². The number of likely N-dealkylation sites (tertiary alicyclic amines) is 1. The fraction of sp³-hybridized carbons (Fsp3) is 0.286. The zero-order valence-electron chi connectivity index (χ0n) is 14.6. The molecule has 0 saturated carbocycles. The topological polar surface area (TPSA) is 57.7 Å². The minimum Gasteiger partial charge on any atom is -0.314 e. The van der Waals surface area contributed by atoms with E-state index in [4.69, 9.17) is 0 Å². The van der Waals surface area contributed by atoms with Gasteiger partial charge in [0.15, 0.2) is 0 Å². The molecule has 1 fully saturated rings. The molecule has 0 N–H and O–H groups in total. The zero-order valence-corrected chi connectivity index (χ0v) is 14.6. The van der Waals surface area contributed by atoms with Crippen LogP contribution in [0.15, 0.2) is 54.6 Å². The van der Waals surface area contributed by atoms with Gasteiger partial charge in [0.05, 0.1) is 11.8 Å². The molecule has 2 atom stereocenters. The highest BCUT2D eigenvalue weighted by molar-refractivity contribution is 6.09. The normalized spacial score (nSPS) is 22.0. The predicted octanol–water partition coefficient (Wildman–Crippen LogP) is 2.75. The van der Waals surface area contributed by atoms with E-state index < -0.39 is 0 Å². The fourth-order valence-corrected chi connectivity index (χ4v) is 3.80. The summed E-state index contributed by atoms with van der Waals surface area (Å²) >= 11 is 0. The number of fused-ring (bicyclic) bond motifs is 2. The number of carbonyl (C=O) groups excluding carboxylic acids is 3. The lowest BCUT2D eigenvalue weighted by molar-refractivity contribution is -0.143. The van der Waals surface area contributed by atoms with Crippen LogP contribution in [0.4, 0.5) is 5.69 Å². The van der Waals surface area contributed by atoms with E-state index in [0.29, 0.717) is 12.8 Å². The van der Waals surface area contributed by atoms with Crippen molar-refractivity contribution in [3.05, 3.63) is 54.6 Å². The van der Waals surface area contributed by atoms with Crippen molar-refractivity contribution in [2.24, 2.45) is 11.8 Å². The first-order valence-electron chi connectivity index (χ1n) is 8.82. The predicted molar refractivity (Wildman–Crippen MR) is 99.4 cm³/mol. The lowest BCUT2D eigenvalue weighted by Crippen LogP contribution is -2.41. The van der Waals surface area contributed by atoms with Crippen molar-refractivity contribution >= 4 is 34.2 Å². The van der Waals surface area contributed by atoms with Crippen molar-refractivity contribution in [1.82, 2.24) is 4.90 Å². The molecule has 132 valence electrons. The van der Waals surface area contributed by atoms with Crippen LogP contribution in [-0.4, -0.2) is 36.2 Å². The van der Waals surface area contributed by atoms with E-state index in [0.717, 1.165) is 21.4 Å². The lowest BCUT2D eigenvalue weighted by atomic mass is 9.85. The Labute approximate surface area is 151 Å². The molecule has 4 rings (SSSR count). The van der Waals surface area contributed by atoms with Gasteiger partial charge in [-0.25, -0.2) is 0 Å². The van der Waals surface area contributed by atoms with Gasteiger partial charge in [-0.2, -0.15) is 0 Å². The molecule has 1 aliphatic heterocycles. The van der Waals surface area contributed by atoms with Crippen LogP contribution in [-0.2, 0) is 14.4 Å². The summed E-state index contributed by atoms with van der Waals surface area (Å²) in [5.74, 6) is -1.31. The maximum Gasteiger partial charge on any atom is 0.246 e. The minimum atomic E-state index is -0.300. The molecular formula is C21H20N2O3. The van der Waals surface area contributed by atoms with Gasteiger partial charge in [-0.05, 0) is 35.7 Å². The standard InChI is InChI=1S/C21H20N2O3/c1-22(16-11-10-14-6-2-3-7-15(14)12-16)19(24)13-23-20(25)17-8-4-5-9-18(17)21(23)26/h2-7,10-12,17-18H,8-9,13H2,1H3/t17-,18+. The summed E-state index contributed by atoms with van der Waals surface area (Å²) in [5.41, 5.74) is 0.742. The van der Waals surface area contributed by atoms with Gasteiger partial charge in [0.1, 0.15) is 6.54 Å².